The van der Waals surface area contributed by atoms with Crippen LogP contribution in [0.25, 0.3) is 0 Å². The van der Waals surface area contributed by atoms with Gasteiger partial charge in [-0.25, -0.2) is 8.78 Å². The lowest BCUT2D eigenvalue weighted by Gasteiger charge is -2.52. The third-order valence-corrected chi connectivity index (χ3v) is 4.43. The Labute approximate surface area is 124 Å². The van der Waals surface area contributed by atoms with E-state index in [-0.39, 0.29) is 17.6 Å². The van der Waals surface area contributed by atoms with Gasteiger partial charge in [-0.3, -0.25) is 0 Å². The minimum atomic E-state index is -0.938. The summed E-state index contributed by atoms with van der Waals surface area (Å²) in [6.45, 7) is 7.22. The summed E-state index contributed by atoms with van der Waals surface area (Å²) in [5.41, 5.74) is 0.379. The zero-order chi connectivity index (χ0) is 15.6. The van der Waals surface area contributed by atoms with Gasteiger partial charge in [-0.05, 0) is 31.0 Å². The van der Waals surface area contributed by atoms with Gasteiger partial charge in [0.1, 0.15) is 0 Å². The molecule has 118 valence electrons. The number of aliphatic hydroxyl groups excluding tert-OH is 1. The average Bonchev–Trinajstić information content (AvgIpc) is 2.44. The third-order valence-electron chi connectivity index (χ3n) is 4.43. The Kier molecular flexibility index (Phi) is 4.96. The Morgan fingerprint density at radius 3 is 2.67 bits per heavy atom. The van der Waals surface area contributed by atoms with Crippen molar-refractivity contribution in [3.8, 4) is 0 Å². The van der Waals surface area contributed by atoms with Crippen LogP contribution in [-0.4, -0.2) is 30.4 Å². The van der Waals surface area contributed by atoms with Crippen LogP contribution < -0.4 is 5.32 Å². The molecule has 0 spiro atoms. The van der Waals surface area contributed by atoms with Crippen LogP contribution in [0.3, 0.4) is 0 Å². The second kappa shape index (κ2) is 6.38. The highest BCUT2D eigenvalue weighted by atomic mass is 19.2. The molecule has 0 amide bonds. The summed E-state index contributed by atoms with van der Waals surface area (Å²) in [4.78, 5) is 0. The van der Waals surface area contributed by atoms with E-state index in [2.05, 4.69) is 19.2 Å². The van der Waals surface area contributed by atoms with Gasteiger partial charge in [0, 0.05) is 24.6 Å². The fourth-order valence-electron chi connectivity index (χ4n) is 2.81. The highest BCUT2D eigenvalue weighted by Crippen LogP contribution is 2.42. The topological polar surface area (TPSA) is 41.5 Å². The van der Waals surface area contributed by atoms with Crippen molar-refractivity contribution >= 4 is 0 Å². The molecule has 0 aliphatic heterocycles. The molecule has 1 aliphatic carbocycles. The lowest BCUT2D eigenvalue weighted by atomic mass is 9.64. The molecule has 0 heterocycles. The maximum absolute atomic E-state index is 13.2. The molecule has 0 aromatic heterocycles. The smallest absolute Gasteiger partial charge is 0.159 e. The van der Waals surface area contributed by atoms with Crippen molar-refractivity contribution in [2.45, 2.75) is 45.4 Å². The normalized spacial score (nSPS) is 25.4. The lowest BCUT2D eigenvalue weighted by Crippen LogP contribution is -2.61. The van der Waals surface area contributed by atoms with E-state index in [0.29, 0.717) is 18.7 Å². The van der Waals surface area contributed by atoms with Crippen molar-refractivity contribution in [3.63, 3.8) is 0 Å². The molecule has 1 aliphatic rings. The number of benzene rings is 1. The molecular weight excluding hydrogens is 276 g/mol. The van der Waals surface area contributed by atoms with Crippen LogP contribution in [0.2, 0.25) is 0 Å². The fourth-order valence-corrected chi connectivity index (χ4v) is 2.81. The van der Waals surface area contributed by atoms with Crippen molar-refractivity contribution < 1.29 is 18.6 Å². The average molecular weight is 299 g/mol. The van der Waals surface area contributed by atoms with Gasteiger partial charge in [0.25, 0.3) is 0 Å². The summed E-state index contributed by atoms with van der Waals surface area (Å²) in [5.74, 6) is -1.84. The maximum atomic E-state index is 13.2. The summed E-state index contributed by atoms with van der Waals surface area (Å²) >= 11 is 0. The molecule has 2 N–H and O–H groups in total. The van der Waals surface area contributed by atoms with E-state index in [0.717, 1.165) is 18.6 Å². The lowest BCUT2D eigenvalue weighted by molar-refractivity contribution is -0.115. The first-order valence-electron chi connectivity index (χ1n) is 7.34. The monoisotopic (exact) mass is 299 g/mol. The number of aliphatic hydroxyl groups is 1. The molecule has 0 bridgehead atoms. The van der Waals surface area contributed by atoms with Crippen molar-refractivity contribution in [2.75, 3.05) is 13.2 Å². The Morgan fingerprint density at radius 2 is 2.10 bits per heavy atom. The molecule has 1 saturated carbocycles. The number of nitrogens with one attached hydrogen (secondary N) is 1. The first-order valence-corrected chi connectivity index (χ1v) is 7.34. The Bertz CT molecular complexity index is 493. The van der Waals surface area contributed by atoms with Crippen molar-refractivity contribution in [3.05, 3.63) is 35.4 Å². The number of halogens is 2. The fraction of sp³-hybridized carbons (Fsp3) is 0.625. The van der Waals surface area contributed by atoms with Crippen LogP contribution in [0, 0.1) is 17.0 Å². The van der Waals surface area contributed by atoms with E-state index in [1.54, 1.807) is 0 Å². The predicted molar refractivity (Wildman–Crippen MR) is 76.9 cm³/mol. The second-order valence-electron chi connectivity index (χ2n) is 6.15. The number of hydrogen-bond donors (Lipinski definition) is 2. The molecule has 21 heavy (non-hydrogen) atoms. The first kappa shape index (κ1) is 16.3. The van der Waals surface area contributed by atoms with E-state index in [1.807, 2.05) is 6.92 Å². The molecule has 0 radical (unpaired) electrons. The summed E-state index contributed by atoms with van der Waals surface area (Å²) in [5, 5.41) is 13.3. The molecule has 1 fully saturated rings. The standard InChI is InChI=1S/C16H23F2NO2/c1-4-21-15-8-14(16(15,2)3)19-9-13(20)10-5-6-11(17)12(18)7-10/h5-7,13-15,19-20H,4,8-9H2,1-3H3. The van der Waals surface area contributed by atoms with E-state index < -0.39 is 17.7 Å². The Balaban J connectivity index is 1.87. The van der Waals surface area contributed by atoms with Gasteiger partial charge in [-0.15, -0.1) is 0 Å². The quantitative estimate of drug-likeness (QED) is 0.849. The Hall–Kier alpha value is -1.04. The summed E-state index contributed by atoms with van der Waals surface area (Å²) < 4.78 is 31.7. The summed E-state index contributed by atoms with van der Waals surface area (Å²) in [6.07, 6.45) is 0.258. The van der Waals surface area contributed by atoms with Crippen molar-refractivity contribution in [1.82, 2.24) is 5.32 Å². The zero-order valence-electron chi connectivity index (χ0n) is 12.7. The predicted octanol–water partition coefficient (Wildman–Crippen LogP) is 2.79. The van der Waals surface area contributed by atoms with Gasteiger partial charge in [0.15, 0.2) is 11.6 Å². The summed E-state index contributed by atoms with van der Waals surface area (Å²) in [6, 6.07) is 3.72. The molecule has 5 heteroatoms. The van der Waals surface area contributed by atoms with Gasteiger partial charge in [-0.1, -0.05) is 19.9 Å². The van der Waals surface area contributed by atoms with Crippen LogP contribution >= 0.6 is 0 Å². The Morgan fingerprint density at radius 1 is 1.38 bits per heavy atom. The van der Waals surface area contributed by atoms with E-state index in [9.17, 15) is 13.9 Å². The highest BCUT2D eigenvalue weighted by molar-refractivity contribution is 5.20. The van der Waals surface area contributed by atoms with Crippen LogP contribution in [-0.2, 0) is 4.74 Å². The third kappa shape index (κ3) is 3.42. The van der Waals surface area contributed by atoms with Crippen LogP contribution in [0.4, 0.5) is 8.78 Å². The molecule has 1 aromatic rings. The highest BCUT2D eigenvalue weighted by Gasteiger charge is 2.48. The van der Waals surface area contributed by atoms with Crippen LogP contribution in [0.15, 0.2) is 18.2 Å². The maximum Gasteiger partial charge on any atom is 0.159 e. The molecule has 2 rings (SSSR count). The van der Waals surface area contributed by atoms with E-state index >= 15 is 0 Å². The molecule has 1 aromatic carbocycles. The largest absolute Gasteiger partial charge is 0.387 e. The molecule has 3 atom stereocenters. The van der Waals surface area contributed by atoms with Gasteiger partial charge >= 0.3 is 0 Å². The molecule has 3 nitrogen and oxygen atoms in total. The SMILES string of the molecule is CCOC1CC(NCC(O)c2ccc(F)c(F)c2)C1(C)C. The van der Waals surface area contributed by atoms with Crippen LogP contribution in [0.1, 0.15) is 38.9 Å². The minimum Gasteiger partial charge on any atom is -0.387 e. The van der Waals surface area contributed by atoms with Gasteiger partial charge < -0.3 is 15.2 Å². The number of rotatable bonds is 6. The minimum absolute atomic E-state index is 0.00375. The first-order chi connectivity index (χ1) is 9.86. The van der Waals surface area contributed by atoms with Gasteiger partial charge in [0.05, 0.1) is 12.2 Å². The van der Waals surface area contributed by atoms with Crippen LogP contribution in [0.5, 0.6) is 0 Å². The van der Waals surface area contributed by atoms with Crippen molar-refractivity contribution in [2.24, 2.45) is 5.41 Å². The van der Waals surface area contributed by atoms with Gasteiger partial charge in [0.2, 0.25) is 0 Å². The molecule has 3 unspecified atom stereocenters. The van der Waals surface area contributed by atoms with E-state index in [4.69, 9.17) is 4.74 Å². The molecule has 0 saturated heterocycles. The zero-order valence-corrected chi connectivity index (χ0v) is 12.7. The van der Waals surface area contributed by atoms with Gasteiger partial charge in [-0.2, -0.15) is 0 Å². The molecular formula is C16H23F2NO2. The second-order valence-corrected chi connectivity index (χ2v) is 6.15. The van der Waals surface area contributed by atoms with E-state index in [1.165, 1.54) is 6.07 Å². The number of hydrogen-bond acceptors (Lipinski definition) is 3. The number of ether oxygens (including phenoxy) is 1. The summed E-state index contributed by atoms with van der Waals surface area (Å²) in [7, 11) is 0. The van der Waals surface area contributed by atoms with Crippen molar-refractivity contribution in [1.29, 1.82) is 0 Å².